The summed E-state index contributed by atoms with van der Waals surface area (Å²) in [4.78, 5) is 28.9. The number of rotatable bonds is 7. The second-order valence-electron chi connectivity index (χ2n) is 5.59. The van der Waals surface area contributed by atoms with E-state index in [9.17, 15) is 18.4 Å². The molecule has 146 valence electrons. The maximum absolute atomic E-state index is 12.6. The van der Waals surface area contributed by atoms with Gasteiger partial charge in [-0.05, 0) is 25.1 Å². The Morgan fingerprint density at radius 2 is 2.04 bits per heavy atom. The zero-order valence-electron chi connectivity index (χ0n) is 14.6. The van der Waals surface area contributed by atoms with E-state index in [-0.39, 0.29) is 17.2 Å². The third-order valence-electron chi connectivity index (χ3n) is 3.59. The van der Waals surface area contributed by atoms with Crippen molar-refractivity contribution in [3.05, 3.63) is 59.0 Å². The van der Waals surface area contributed by atoms with Gasteiger partial charge in [-0.1, -0.05) is 23.9 Å². The second-order valence-corrected chi connectivity index (χ2v) is 7.48. The van der Waals surface area contributed by atoms with Crippen LogP contribution >= 0.6 is 23.1 Å². The summed E-state index contributed by atoms with van der Waals surface area (Å²) in [6.07, 6.45) is 1.37. The van der Waals surface area contributed by atoms with Crippen LogP contribution in [0.15, 0.2) is 51.3 Å². The molecule has 6 nitrogen and oxygen atoms in total. The summed E-state index contributed by atoms with van der Waals surface area (Å²) in [5, 5.41) is 7.26. The average Bonchev–Trinajstić information content (AvgIpc) is 3.25. The number of amides is 2. The van der Waals surface area contributed by atoms with Crippen molar-refractivity contribution < 1.29 is 22.8 Å². The highest BCUT2D eigenvalue weighted by Crippen LogP contribution is 2.31. The van der Waals surface area contributed by atoms with E-state index in [1.807, 2.05) is 0 Å². The van der Waals surface area contributed by atoms with Gasteiger partial charge in [-0.15, -0.1) is 11.3 Å². The molecule has 0 bridgehead atoms. The molecule has 0 unspecified atom stereocenters. The van der Waals surface area contributed by atoms with Gasteiger partial charge < -0.3 is 9.73 Å². The van der Waals surface area contributed by atoms with Gasteiger partial charge in [0.15, 0.2) is 5.13 Å². The van der Waals surface area contributed by atoms with Crippen LogP contribution in [-0.2, 0) is 11.2 Å². The molecule has 0 spiro atoms. The van der Waals surface area contributed by atoms with Gasteiger partial charge in [0.2, 0.25) is 5.91 Å². The molecule has 28 heavy (non-hydrogen) atoms. The van der Waals surface area contributed by atoms with Gasteiger partial charge in [0.05, 0.1) is 29.6 Å². The topological polar surface area (TPSA) is 84.2 Å². The van der Waals surface area contributed by atoms with Crippen LogP contribution < -0.4 is 10.6 Å². The lowest BCUT2D eigenvalue weighted by molar-refractivity contribution is -0.115. The zero-order chi connectivity index (χ0) is 20.1. The molecule has 0 saturated carbocycles. The number of thioether (sulfide) groups is 1. The Morgan fingerprint density at radius 3 is 2.75 bits per heavy atom. The lowest BCUT2D eigenvalue weighted by atomic mass is 10.2. The normalized spacial score (nSPS) is 10.9. The first-order chi connectivity index (χ1) is 13.4. The third kappa shape index (κ3) is 5.17. The molecule has 2 heterocycles. The maximum Gasteiger partial charge on any atom is 0.288 e. The van der Waals surface area contributed by atoms with E-state index in [0.717, 1.165) is 0 Å². The highest BCUT2D eigenvalue weighted by atomic mass is 32.2. The van der Waals surface area contributed by atoms with Gasteiger partial charge in [-0.3, -0.25) is 14.9 Å². The number of nitrogens with one attached hydrogen (secondary N) is 2. The minimum absolute atomic E-state index is 0.0508. The highest BCUT2D eigenvalue weighted by Gasteiger charge is 2.16. The number of para-hydroxylation sites is 1. The molecule has 0 aliphatic carbocycles. The summed E-state index contributed by atoms with van der Waals surface area (Å²) in [6, 6.07) is 7.90. The average molecular weight is 423 g/mol. The standard InChI is InChI=1S/C18H15F2N3O3S2/c1-10-12(6-7-26-10)16(25)23-18-21-11(9-27-18)8-15(24)22-13-4-2-3-5-14(13)28-17(19)20/h2-7,9,17H,8H2,1H3,(H,22,24)(H,21,23,25). The number of hydrogen-bond acceptors (Lipinski definition) is 6. The first kappa shape index (κ1) is 20.0. The maximum atomic E-state index is 12.6. The summed E-state index contributed by atoms with van der Waals surface area (Å²) in [7, 11) is 0. The number of benzene rings is 1. The van der Waals surface area contributed by atoms with Crippen molar-refractivity contribution in [2.24, 2.45) is 0 Å². The van der Waals surface area contributed by atoms with E-state index >= 15 is 0 Å². The number of alkyl halides is 2. The number of anilines is 2. The Balaban J connectivity index is 1.60. The molecule has 0 saturated heterocycles. The first-order valence-corrected chi connectivity index (χ1v) is 9.82. The molecule has 0 radical (unpaired) electrons. The minimum Gasteiger partial charge on any atom is -0.469 e. The van der Waals surface area contributed by atoms with Crippen molar-refractivity contribution in [2.45, 2.75) is 24.0 Å². The Bertz CT molecular complexity index is 988. The van der Waals surface area contributed by atoms with Crippen LogP contribution in [0.2, 0.25) is 0 Å². The fourth-order valence-electron chi connectivity index (χ4n) is 2.36. The van der Waals surface area contributed by atoms with Crippen molar-refractivity contribution in [3.63, 3.8) is 0 Å². The molecule has 1 aromatic carbocycles. The Hall–Kier alpha value is -2.72. The van der Waals surface area contributed by atoms with Gasteiger partial charge >= 0.3 is 0 Å². The summed E-state index contributed by atoms with van der Waals surface area (Å²) < 4.78 is 30.3. The van der Waals surface area contributed by atoms with Crippen molar-refractivity contribution >= 4 is 45.7 Å². The molecule has 0 aliphatic heterocycles. The Kier molecular flexibility index (Phi) is 6.42. The number of aromatic nitrogens is 1. The van der Waals surface area contributed by atoms with Crippen LogP contribution in [0, 0.1) is 6.92 Å². The quantitative estimate of drug-likeness (QED) is 0.534. The van der Waals surface area contributed by atoms with Crippen LogP contribution in [0.5, 0.6) is 0 Å². The fourth-order valence-corrected chi connectivity index (χ4v) is 3.66. The number of nitrogens with zero attached hydrogens (tertiary/aromatic N) is 1. The molecule has 10 heteroatoms. The lowest BCUT2D eigenvalue weighted by Gasteiger charge is -2.09. The molecule has 3 aromatic rings. The smallest absolute Gasteiger partial charge is 0.288 e. The molecule has 2 N–H and O–H groups in total. The van der Waals surface area contributed by atoms with Gasteiger partial charge in [0.25, 0.3) is 11.7 Å². The number of furan rings is 1. The molecular formula is C18H15F2N3O3S2. The van der Waals surface area contributed by atoms with Crippen LogP contribution in [0.4, 0.5) is 19.6 Å². The Morgan fingerprint density at radius 1 is 1.25 bits per heavy atom. The summed E-state index contributed by atoms with van der Waals surface area (Å²) in [6.45, 7) is 1.68. The van der Waals surface area contributed by atoms with E-state index in [0.29, 0.717) is 39.6 Å². The van der Waals surface area contributed by atoms with Crippen LogP contribution in [0.25, 0.3) is 0 Å². The number of halogens is 2. The molecular weight excluding hydrogens is 408 g/mol. The van der Waals surface area contributed by atoms with Crippen LogP contribution in [0.3, 0.4) is 0 Å². The van der Waals surface area contributed by atoms with E-state index in [1.165, 1.54) is 23.7 Å². The molecule has 2 aromatic heterocycles. The van der Waals surface area contributed by atoms with Crippen LogP contribution in [-0.4, -0.2) is 22.6 Å². The van der Waals surface area contributed by atoms with Crippen LogP contribution in [0.1, 0.15) is 21.8 Å². The number of thiazole rings is 1. The first-order valence-electron chi connectivity index (χ1n) is 8.06. The third-order valence-corrected chi connectivity index (χ3v) is 5.19. The summed E-state index contributed by atoms with van der Waals surface area (Å²) in [5.74, 6) is -2.83. The predicted molar refractivity (Wildman–Crippen MR) is 104 cm³/mol. The Labute approximate surface area is 167 Å². The minimum atomic E-state index is -2.58. The van der Waals surface area contributed by atoms with Crippen molar-refractivity contribution in [1.82, 2.24) is 4.98 Å². The van der Waals surface area contributed by atoms with E-state index < -0.39 is 11.7 Å². The zero-order valence-corrected chi connectivity index (χ0v) is 16.2. The monoisotopic (exact) mass is 423 g/mol. The van der Waals surface area contributed by atoms with Gasteiger partial charge in [0.1, 0.15) is 5.76 Å². The second kappa shape index (κ2) is 8.98. The highest BCUT2D eigenvalue weighted by molar-refractivity contribution is 7.99. The van der Waals surface area contributed by atoms with Gasteiger partial charge in [0, 0.05) is 10.3 Å². The lowest BCUT2D eigenvalue weighted by Crippen LogP contribution is -2.15. The number of carbonyl (C=O) groups is 2. The van der Waals surface area contributed by atoms with E-state index in [2.05, 4.69) is 15.6 Å². The van der Waals surface area contributed by atoms with E-state index in [1.54, 1.807) is 36.6 Å². The molecule has 3 rings (SSSR count). The predicted octanol–water partition coefficient (Wildman–Crippen LogP) is 4.79. The number of carbonyl (C=O) groups excluding carboxylic acids is 2. The van der Waals surface area contributed by atoms with E-state index in [4.69, 9.17) is 4.42 Å². The molecule has 0 aliphatic rings. The van der Waals surface area contributed by atoms with Crippen molar-refractivity contribution in [3.8, 4) is 0 Å². The van der Waals surface area contributed by atoms with Crippen molar-refractivity contribution in [1.29, 1.82) is 0 Å². The summed E-state index contributed by atoms with van der Waals surface area (Å²) >= 11 is 1.55. The number of hydrogen-bond donors (Lipinski definition) is 2. The molecule has 2 amide bonds. The summed E-state index contributed by atoms with van der Waals surface area (Å²) in [5.41, 5.74) is 1.18. The van der Waals surface area contributed by atoms with Gasteiger partial charge in [-0.2, -0.15) is 8.78 Å². The number of aryl methyl sites for hydroxylation is 1. The molecule has 0 fully saturated rings. The van der Waals surface area contributed by atoms with Crippen molar-refractivity contribution in [2.75, 3.05) is 10.6 Å². The SMILES string of the molecule is Cc1occc1C(=O)Nc1nc(CC(=O)Nc2ccccc2SC(F)F)cs1. The van der Waals surface area contributed by atoms with Gasteiger partial charge in [-0.25, -0.2) is 4.98 Å². The molecule has 0 atom stereocenters. The fraction of sp³-hybridized carbons (Fsp3) is 0.167. The largest absolute Gasteiger partial charge is 0.469 e.